The molecule has 0 bridgehead atoms. The monoisotopic (exact) mass is 307 g/mol. The molecule has 0 radical (unpaired) electrons. The largest absolute Gasteiger partial charge is 0.481 e. The molecule has 1 aromatic carbocycles. The summed E-state index contributed by atoms with van der Waals surface area (Å²) in [6.45, 7) is 0.338. The van der Waals surface area contributed by atoms with Crippen molar-refractivity contribution in [2.75, 3.05) is 6.54 Å². The Hall–Kier alpha value is -2.52. The van der Waals surface area contributed by atoms with Crippen LogP contribution in [0.5, 0.6) is 0 Å². The van der Waals surface area contributed by atoms with E-state index < -0.39 is 11.9 Å². The lowest BCUT2D eigenvalue weighted by Gasteiger charge is -2.05. The highest BCUT2D eigenvalue weighted by atomic mass is 35.5. The topological polar surface area (TPSA) is 102 Å². The lowest BCUT2D eigenvalue weighted by atomic mass is 10.2. The highest BCUT2D eigenvalue weighted by molar-refractivity contribution is 6.31. The van der Waals surface area contributed by atoms with E-state index in [0.717, 1.165) is 5.56 Å². The van der Waals surface area contributed by atoms with Gasteiger partial charge in [0.2, 0.25) is 0 Å². The quantitative estimate of drug-likeness (QED) is 0.522. The van der Waals surface area contributed by atoms with Gasteiger partial charge in [0, 0.05) is 24.3 Å². The molecule has 1 rings (SSSR count). The summed E-state index contributed by atoms with van der Waals surface area (Å²) in [6, 6.07) is 8.94. The van der Waals surface area contributed by atoms with Gasteiger partial charge in [-0.1, -0.05) is 29.8 Å². The fraction of sp³-hybridized carbons (Fsp3) is 0.214. The molecule has 1 aromatic rings. The lowest BCUT2D eigenvalue weighted by Crippen LogP contribution is -2.27. The van der Waals surface area contributed by atoms with E-state index in [1.807, 2.05) is 12.1 Å². The third-order valence-electron chi connectivity index (χ3n) is 2.49. The van der Waals surface area contributed by atoms with Crippen LogP contribution >= 0.6 is 11.6 Å². The molecule has 0 heterocycles. The van der Waals surface area contributed by atoms with Gasteiger partial charge in [0.15, 0.2) is 0 Å². The molecule has 0 saturated heterocycles. The Bertz CT molecular complexity index is 593. The van der Waals surface area contributed by atoms with Gasteiger partial charge in [-0.15, -0.1) is 0 Å². The second kappa shape index (κ2) is 8.61. The molecule has 0 unspecified atom stereocenters. The maximum atomic E-state index is 11.6. The second-order valence-electron chi connectivity index (χ2n) is 4.04. The predicted octanol–water partition coefficient (Wildman–Crippen LogP) is 1.43. The van der Waals surface area contributed by atoms with Gasteiger partial charge in [-0.3, -0.25) is 9.59 Å². The number of carboxylic acids is 1. The van der Waals surface area contributed by atoms with Crippen molar-refractivity contribution in [2.45, 2.75) is 13.0 Å². The summed E-state index contributed by atoms with van der Waals surface area (Å²) in [5.74, 6) is -1.64. The number of rotatable bonds is 7. The molecule has 6 nitrogen and oxygen atoms in total. The van der Waals surface area contributed by atoms with Gasteiger partial charge in [0.1, 0.15) is 11.6 Å². The summed E-state index contributed by atoms with van der Waals surface area (Å²) in [5.41, 5.74) is 0.700. The van der Waals surface area contributed by atoms with E-state index in [9.17, 15) is 9.59 Å². The number of nitrogens with zero attached hydrogens (tertiary/aromatic N) is 1. The summed E-state index contributed by atoms with van der Waals surface area (Å²) in [4.78, 5) is 21.9. The molecule has 21 heavy (non-hydrogen) atoms. The number of carboxylic acid groups (broad SMARTS) is 1. The van der Waals surface area contributed by atoms with Gasteiger partial charge >= 0.3 is 5.97 Å². The summed E-state index contributed by atoms with van der Waals surface area (Å²) < 4.78 is 0. The van der Waals surface area contributed by atoms with Crippen molar-refractivity contribution in [3.63, 3.8) is 0 Å². The van der Waals surface area contributed by atoms with Crippen molar-refractivity contribution in [2.24, 2.45) is 0 Å². The summed E-state index contributed by atoms with van der Waals surface area (Å²) >= 11 is 5.97. The van der Waals surface area contributed by atoms with Gasteiger partial charge in [-0.05, 0) is 11.6 Å². The Labute approximate surface area is 127 Å². The third-order valence-corrected chi connectivity index (χ3v) is 2.85. The summed E-state index contributed by atoms with van der Waals surface area (Å²) in [5, 5.41) is 23.1. The van der Waals surface area contributed by atoms with E-state index in [1.54, 1.807) is 18.2 Å². The van der Waals surface area contributed by atoms with Crippen LogP contribution in [0, 0.1) is 11.3 Å². The zero-order valence-corrected chi connectivity index (χ0v) is 11.9. The van der Waals surface area contributed by atoms with Crippen LogP contribution in [0.1, 0.15) is 12.0 Å². The zero-order chi connectivity index (χ0) is 15.7. The maximum absolute atomic E-state index is 11.6. The number of aliphatic carboxylic acids is 1. The molecule has 0 fully saturated rings. The van der Waals surface area contributed by atoms with E-state index in [0.29, 0.717) is 11.6 Å². The van der Waals surface area contributed by atoms with E-state index in [-0.39, 0.29) is 18.5 Å². The molecule has 7 heteroatoms. The number of nitrogens with one attached hydrogen (secondary N) is 2. The molecule has 0 atom stereocenters. The van der Waals surface area contributed by atoms with Crippen LogP contribution in [0.25, 0.3) is 0 Å². The minimum Gasteiger partial charge on any atom is -0.481 e. The van der Waals surface area contributed by atoms with Crippen molar-refractivity contribution >= 4 is 23.5 Å². The zero-order valence-electron chi connectivity index (χ0n) is 11.1. The van der Waals surface area contributed by atoms with Crippen LogP contribution in [0.15, 0.2) is 36.0 Å². The molecule has 1 amide bonds. The lowest BCUT2D eigenvalue weighted by molar-refractivity contribution is -0.136. The first-order chi connectivity index (χ1) is 10.0. The van der Waals surface area contributed by atoms with Gasteiger partial charge in [0.05, 0.1) is 6.42 Å². The minimum absolute atomic E-state index is 0.0301. The molecule has 0 aliphatic heterocycles. The maximum Gasteiger partial charge on any atom is 0.305 e. The van der Waals surface area contributed by atoms with Crippen LogP contribution in [-0.2, 0) is 16.1 Å². The van der Waals surface area contributed by atoms with Crippen LogP contribution < -0.4 is 10.6 Å². The average molecular weight is 308 g/mol. The molecule has 0 aromatic heterocycles. The highest BCUT2D eigenvalue weighted by Gasteiger charge is 2.08. The number of halogens is 1. The SMILES string of the molecule is N#C/C(=C/NCc1ccccc1Cl)C(=O)NCCC(=O)O. The Morgan fingerprint density at radius 2 is 2.10 bits per heavy atom. The van der Waals surface area contributed by atoms with Gasteiger partial charge < -0.3 is 15.7 Å². The first-order valence-electron chi connectivity index (χ1n) is 6.11. The molecule has 110 valence electrons. The van der Waals surface area contributed by atoms with Crippen LogP contribution in [-0.4, -0.2) is 23.5 Å². The van der Waals surface area contributed by atoms with Gasteiger partial charge in [0.25, 0.3) is 5.91 Å². The molecule has 0 spiro atoms. The normalized spacial score (nSPS) is 10.6. The Morgan fingerprint density at radius 3 is 2.71 bits per heavy atom. The third kappa shape index (κ3) is 5.97. The first-order valence-corrected chi connectivity index (χ1v) is 6.49. The predicted molar refractivity (Wildman–Crippen MR) is 77.3 cm³/mol. The molecule has 0 saturated carbocycles. The molecular weight excluding hydrogens is 294 g/mol. The van der Waals surface area contributed by atoms with Gasteiger partial charge in [-0.25, -0.2) is 0 Å². The smallest absolute Gasteiger partial charge is 0.305 e. The van der Waals surface area contributed by atoms with Crippen molar-refractivity contribution in [1.82, 2.24) is 10.6 Å². The van der Waals surface area contributed by atoms with Crippen molar-refractivity contribution < 1.29 is 14.7 Å². The molecular formula is C14H14ClN3O3. The molecule has 3 N–H and O–H groups in total. The number of benzene rings is 1. The number of carbonyl (C=O) groups is 2. The number of carbonyl (C=O) groups excluding carboxylic acids is 1. The first kappa shape index (κ1) is 16.5. The van der Waals surface area contributed by atoms with E-state index in [4.69, 9.17) is 22.0 Å². The second-order valence-corrected chi connectivity index (χ2v) is 4.45. The Balaban J connectivity index is 2.52. The highest BCUT2D eigenvalue weighted by Crippen LogP contribution is 2.14. The van der Waals surface area contributed by atoms with Crippen molar-refractivity contribution in [3.8, 4) is 6.07 Å². The molecule has 0 aliphatic rings. The number of nitriles is 1. The van der Waals surface area contributed by atoms with Crippen LogP contribution in [0.4, 0.5) is 0 Å². The standard InChI is InChI=1S/C14H14ClN3O3/c15-12-4-2-1-3-10(12)8-17-9-11(7-16)14(21)18-6-5-13(19)20/h1-4,9,17H,5-6,8H2,(H,18,21)(H,19,20)/b11-9-. The van der Waals surface area contributed by atoms with Crippen molar-refractivity contribution in [1.29, 1.82) is 5.26 Å². The van der Waals surface area contributed by atoms with Crippen LogP contribution in [0.2, 0.25) is 5.02 Å². The van der Waals surface area contributed by atoms with E-state index in [2.05, 4.69) is 10.6 Å². The van der Waals surface area contributed by atoms with Gasteiger partial charge in [-0.2, -0.15) is 5.26 Å². The molecule has 0 aliphatic carbocycles. The minimum atomic E-state index is -1.02. The average Bonchev–Trinajstić information content (AvgIpc) is 2.45. The van der Waals surface area contributed by atoms with Crippen LogP contribution in [0.3, 0.4) is 0 Å². The number of hydrogen-bond acceptors (Lipinski definition) is 4. The van der Waals surface area contributed by atoms with Crippen molar-refractivity contribution in [3.05, 3.63) is 46.6 Å². The summed E-state index contributed by atoms with van der Waals surface area (Å²) in [6.07, 6.45) is 1.08. The fourth-order valence-corrected chi connectivity index (χ4v) is 1.63. The summed E-state index contributed by atoms with van der Waals surface area (Å²) in [7, 11) is 0. The number of amides is 1. The van der Waals surface area contributed by atoms with E-state index >= 15 is 0 Å². The van der Waals surface area contributed by atoms with E-state index in [1.165, 1.54) is 6.20 Å². The Morgan fingerprint density at radius 1 is 1.38 bits per heavy atom. The fourth-order valence-electron chi connectivity index (χ4n) is 1.43. The number of hydrogen-bond donors (Lipinski definition) is 3. The Kier molecular flexibility index (Phi) is 6.78.